The van der Waals surface area contributed by atoms with Gasteiger partial charge in [-0.1, -0.05) is 30.3 Å². The van der Waals surface area contributed by atoms with Crippen LogP contribution in [0.15, 0.2) is 30.3 Å². The predicted molar refractivity (Wildman–Crippen MR) is 66.9 cm³/mol. The number of ether oxygens (including phenoxy) is 1. The van der Waals surface area contributed by atoms with Crippen LogP contribution in [0.1, 0.15) is 12.0 Å². The summed E-state index contributed by atoms with van der Waals surface area (Å²) in [5.41, 5.74) is 1.28. The quantitative estimate of drug-likeness (QED) is 0.782. The number of hydrogen-bond acceptors (Lipinski definition) is 3. The Bertz CT molecular complexity index is 333. The first-order chi connectivity index (χ1) is 8.40. The van der Waals surface area contributed by atoms with Crippen LogP contribution in [0.4, 0.5) is 0 Å². The van der Waals surface area contributed by atoms with Crippen LogP contribution in [0, 0.1) is 5.92 Å². The Labute approximate surface area is 102 Å². The number of morpholine rings is 1. The van der Waals surface area contributed by atoms with Gasteiger partial charge < -0.3 is 14.8 Å². The molecule has 2 unspecified atom stereocenters. The molecule has 0 spiro atoms. The van der Waals surface area contributed by atoms with E-state index in [0.29, 0.717) is 6.61 Å². The van der Waals surface area contributed by atoms with E-state index in [9.17, 15) is 4.79 Å². The molecule has 1 N–H and O–H groups in total. The van der Waals surface area contributed by atoms with Crippen molar-refractivity contribution in [2.75, 3.05) is 19.7 Å². The van der Waals surface area contributed by atoms with Crippen molar-refractivity contribution in [3.05, 3.63) is 35.9 Å². The topological polar surface area (TPSA) is 38.3 Å². The Hall–Kier alpha value is -1.19. The zero-order valence-corrected chi connectivity index (χ0v) is 9.97. The van der Waals surface area contributed by atoms with Crippen molar-refractivity contribution in [2.24, 2.45) is 5.92 Å². The summed E-state index contributed by atoms with van der Waals surface area (Å²) in [6.07, 6.45) is 2.88. The van der Waals surface area contributed by atoms with Crippen molar-refractivity contribution < 1.29 is 9.53 Å². The molecule has 92 valence electrons. The van der Waals surface area contributed by atoms with Crippen LogP contribution in [-0.2, 0) is 16.0 Å². The molecule has 0 saturated carbocycles. The number of aldehydes is 1. The fraction of sp³-hybridized carbons (Fsp3) is 0.500. The number of nitrogens with one attached hydrogen (secondary N) is 1. The molecule has 2 rings (SSSR count). The maximum atomic E-state index is 11.1. The smallest absolute Gasteiger partial charge is 0.125 e. The number of hydrogen-bond donors (Lipinski definition) is 1. The van der Waals surface area contributed by atoms with Gasteiger partial charge in [0.2, 0.25) is 0 Å². The first kappa shape index (κ1) is 12.3. The van der Waals surface area contributed by atoms with Crippen molar-refractivity contribution in [3.8, 4) is 0 Å². The minimum Gasteiger partial charge on any atom is -0.375 e. The fourth-order valence-corrected chi connectivity index (χ4v) is 2.18. The highest BCUT2D eigenvalue weighted by Gasteiger charge is 2.23. The van der Waals surface area contributed by atoms with Crippen LogP contribution in [0.25, 0.3) is 0 Å². The third-order valence-electron chi connectivity index (χ3n) is 3.22. The lowest BCUT2D eigenvalue weighted by atomic mass is 9.95. The van der Waals surface area contributed by atoms with Gasteiger partial charge in [-0.25, -0.2) is 0 Å². The lowest BCUT2D eigenvalue weighted by Gasteiger charge is -2.27. The zero-order chi connectivity index (χ0) is 11.9. The highest BCUT2D eigenvalue weighted by atomic mass is 16.5. The summed E-state index contributed by atoms with van der Waals surface area (Å²) >= 11 is 0. The Balaban J connectivity index is 1.85. The van der Waals surface area contributed by atoms with Crippen molar-refractivity contribution in [3.63, 3.8) is 0 Å². The Morgan fingerprint density at radius 2 is 2.24 bits per heavy atom. The molecule has 3 heteroatoms. The first-order valence-electron chi connectivity index (χ1n) is 6.21. The molecule has 0 aromatic heterocycles. The molecule has 0 amide bonds. The summed E-state index contributed by atoms with van der Waals surface area (Å²) in [6.45, 7) is 2.39. The summed E-state index contributed by atoms with van der Waals surface area (Å²) in [5, 5.41) is 3.26. The highest BCUT2D eigenvalue weighted by molar-refractivity contribution is 5.54. The number of aryl methyl sites for hydroxylation is 1. The second-order valence-corrected chi connectivity index (χ2v) is 4.44. The number of carbonyl (C=O) groups excluding carboxylic acids is 1. The van der Waals surface area contributed by atoms with E-state index in [4.69, 9.17) is 4.74 Å². The van der Waals surface area contributed by atoms with Gasteiger partial charge in [0.15, 0.2) is 0 Å². The molecular formula is C14H19NO2. The van der Waals surface area contributed by atoms with Crippen LogP contribution in [0.2, 0.25) is 0 Å². The fourth-order valence-electron chi connectivity index (χ4n) is 2.18. The SMILES string of the molecule is O=CC(CCc1ccccc1)C1CNCCO1. The molecule has 1 aromatic rings. The second kappa shape index (κ2) is 6.52. The number of carbonyl (C=O) groups is 1. The standard InChI is InChI=1S/C14H19NO2/c16-11-13(14-10-15-8-9-17-14)7-6-12-4-2-1-3-5-12/h1-5,11,13-15H,6-10H2. The van der Waals surface area contributed by atoms with Crippen LogP contribution in [0.5, 0.6) is 0 Å². The summed E-state index contributed by atoms with van der Waals surface area (Å²) in [5.74, 6) is 0.00278. The molecule has 1 aromatic carbocycles. The van der Waals surface area contributed by atoms with Crippen molar-refractivity contribution in [1.82, 2.24) is 5.32 Å². The third-order valence-corrected chi connectivity index (χ3v) is 3.22. The summed E-state index contributed by atoms with van der Waals surface area (Å²) < 4.78 is 5.63. The minimum atomic E-state index is 0.00278. The monoisotopic (exact) mass is 233 g/mol. The molecule has 1 aliphatic rings. The minimum absolute atomic E-state index is 0.00278. The van der Waals surface area contributed by atoms with Gasteiger partial charge in [-0.3, -0.25) is 0 Å². The Morgan fingerprint density at radius 3 is 2.88 bits per heavy atom. The maximum Gasteiger partial charge on any atom is 0.125 e. The maximum absolute atomic E-state index is 11.1. The molecule has 1 fully saturated rings. The molecular weight excluding hydrogens is 214 g/mol. The first-order valence-corrected chi connectivity index (χ1v) is 6.21. The molecule has 0 bridgehead atoms. The van der Waals surface area contributed by atoms with E-state index in [0.717, 1.165) is 32.2 Å². The third kappa shape index (κ3) is 3.65. The molecule has 3 nitrogen and oxygen atoms in total. The molecule has 17 heavy (non-hydrogen) atoms. The van der Waals surface area contributed by atoms with E-state index in [-0.39, 0.29) is 12.0 Å². The molecule has 2 atom stereocenters. The Morgan fingerprint density at radius 1 is 1.41 bits per heavy atom. The summed E-state index contributed by atoms with van der Waals surface area (Å²) in [6, 6.07) is 10.3. The van der Waals surface area contributed by atoms with Crippen molar-refractivity contribution >= 4 is 6.29 Å². The zero-order valence-electron chi connectivity index (χ0n) is 9.97. The molecule has 1 heterocycles. The summed E-state index contributed by atoms with van der Waals surface area (Å²) in [7, 11) is 0. The normalized spacial score (nSPS) is 22.0. The van der Waals surface area contributed by atoms with Crippen molar-refractivity contribution in [1.29, 1.82) is 0 Å². The molecule has 0 radical (unpaired) electrons. The Kier molecular flexibility index (Phi) is 4.71. The highest BCUT2D eigenvalue weighted by Crippen LogP contribution is 2.15. The van der Waals surface area contributed by atoms with E-state index >= 15 is 0 Å². The molecule has 1 aliphatic heterocycles. The van der Waals surface area contributed by atoms with E-state index in [2.05, 4.69) is 17.4 Å². The van der Waals surface area contributed by atoms with E-state index in [1.807, 2.05) is 18.2 Å². The van der Waals surface area contributed by atoms with Gasteiger partial charge in [0, 0.05) is 19.0 Å². The lowest BCUT2D eigenvalue weighted by Crippen LogP contribution is -2.43. The average molecular weight is 233 g/mol. The van der Waals surface area contributed by atoms with E-state index in [1.54, 1.807) is 0 Å². The van der Waals surface area contributed by atoms with Gasteiger partial charge in [-0.05, 0) is 18.4 Å². The van der Waals surface area contributed by atoms with E-state index < -0.39 is 0 Å². The number of rotatable bonds is 5. The number of benzene rings is 1. The van der Waals surface area contributed by atoms with Crippen molar-refractivity contribution in [2.45, 2.75) is 18.9 Å². The van der Waals surface area contributed by atoms with Gasteiger partial charge in [0.05, 0.1) is 12.7 Å². The average Bonchev–Trinajstić information content (AvgIpc) is 2.42. The van der Waals surface area contributed by atoms with Crippen LogP contribution < -0.4 is 5.32 Å². The summed E-state index contributed by atoms with van der Waals surface area (Å²) in [4.78, 5) is 11.1. The second-order valence-electron chi connectivity index (χ2n) is 4.44. The van der Waals surface area contributed by atoms with Crippen LogP contribution >= 0.6 is 0 Å². The largest absolute Gasteiger partial charge is 0.375 e. The van der Waals surface area contributed by atoms with E-state index in [1.165, 1.54) is 5.56 Å². The van der Waals surface area contributed by atoms with Crippen LogP contribution in [0.3, 0.4) is 0 Å². The van der Waals surface area contributed by atoms with Gasteiger partial charge in [0.25, 0.3) is 0 Å². The van der Waals surface area contributed by atoms with Gasteiger partial charge in [0.1, 0.15) is 6.29 Å². The lowest BCUT2D eigenvalue weighted by molar-refractivity contribution is -0.117. The van der Waals surface area contributed by atoms with Gasteiger partial charge in [-0.2, -0.15) is 0 Å². The predicted octanol–water partition coefficient (Wildman–Crippen LogP) is 1.42. The van der Waals surface area contributed by atoms with Gasteiger partial charge >= 0.3 is 0 Å². The van der Waals surface area contributed by atoms with Gasteiger partial charge in [-0.15, -0.1) is 0 Å². The van der Waals surface area contributed by atoms with Crippen LogP contribution in [-0.4, -0.2) is 32.1 Å². The molecule has 1 saturated heterocycles. The molecule has 0 aliphatic carbocycles.